The number of hydrogen-bond acceptors (Lipinski definition) is 0. The number of benzene rings is 19. The molecule has 562 valence electrons. The van der Waals surface area contributed by atoms with Gasteiger partial charge in [0.2, 0.25) is 0 Å². The Morgan fingerprint density at radius 2 is 0.283 bits per heavy atom. The molecule has 6 heterocycles. The molecule has 120 heavy (non-hydrogen) atoms. The van der Waals surface area contributed by atoms with Gasteiger partial charge in [-0.25, -0.2) is 0 Å². The molecule has 0 saturated heterocycles. The van der Waals surface area contributed by atoms with Crippen LogP contribution in [0.1, 0.15) is 0 Å². The molecule has 0 aliphatic rings. The van der Waals surface area contributed by atoms with E-state index in [1.54, 1.807) is 0 Å². The summed E-state index contributed by atoms with van der Waals surface area (Å²) in [5.41, 5.74) is 31.4. The average Bonchev–Trinajstić information content (AvgIpc) is 1.56. The van der Waals surface area contributed by atoms with Crippen molar-refractivity contribution >= 4 is 131 Å². The SMILES string of the molecule is c1ccc(-c2ccc(-n3c4ccccc4c4c3ccc3c5ccccc5n(-c5ccc(-c6ccccc6)cc5)c34)cc2)cc1.c1ccc(-c2ccc(-n3c4ccccc4c4ccc5c6ccccc6n(-c6ccc(-c7ccccc7)cc6)c5c43)cc2)cc1.c1ccc(-n2c3ccccc3c3c2ccc2c4ccccc4n(-c4ccccc4)c23)cc1. The second-order valence-electron chi connectivity index (χ2n) is 31.0. The van der Waals surface area contributed by atoms with Crippen molar-refractivity contribution in [3.05, 3.63) is 461 Å². The van der Waals surface area contributed by atoms with Crippen LogP contribution in [-0.2, 0) is 0 Å². The third-order valence-corrected chi connectivity index (χ3v) is 24.4. The Balaban J connectivity index is 0.000000107. The Kier molecular flexibility index (Phi) is 16.8. The van der Waals surface area contributed by atoms with E-state index in [-0.39, 0.29) is 0 Å². The van der Waals surface area contributed by atoms with Gasteiger partial charge in [0.1, 0.15) is 0 Å². The van der Waals surface area contributed by atoms with Gasteiger partial charge >= 0.3 is 0 Å². The number of rotatable bonds is 10. The Morgan fingerprint density at radius 1 is 0.100 bits per heavy atom. The van der Waals surface area contributed by atoms with Crippen molar-refractivity contribution in [3.8, 4) is 78.6 Å². The maximum Gasteiger partial charge on any atom is 0.0788 e. The summed E-state index contributed by atoms with van der Waals surface area (Å²) in [5, 5.41) is 15.2. The normalized spacial score (nSPS) is 11.7. The van der Waals surface area contributed by atoms with Gasteiger partial charge < -0.3 is 27.4 Å². The molecular formula is C114H76N6. The first-order valence-electron chi connectivity index (χ1n) is 41.2. The molecular weight excluding hydrogens is 1450 g/mol. The summed E-state index contributed by atoms with van der Waals surface area (Å²) in [5.74, 6) is 0. The van der Waals surface area contributed by atoms with Crippen LogP contribution in [0.4, 0.5) is 0 Å². The van der Waals surface area contributed by atoms with Crippen molar-refractivity contribution in [2.24, 2.45) is 0 Å². The third kappa shape index (κ3) is 11.5. The zero-order valence-corrected chi connectivity index (χ0v) is 65.6. The second kappa shape index (κ2) is 29.1. The van der Waals surface area contributed by atoms with Crippen molar-refractivity contribution in [2.45, 2.75) is 0 Å². The molecule has 6 aromatic heterocycles. The van der Waals surface area contributed by atoms with Crippen LogP contribution in [-0.4, -0.2) is 27.4 Å². The Labute approximate surface area is 693 Å². The van der Waals surface area contributed by atoms with Gasteiger partial charge in [-0.3, -0.25) is 0 Å². The minimum atomic E-state index is 1.15. The molecule has 0 unspecified atom stereocenters. The third-order valence-electron chi connectivity index (χ3n) is 24.4. The average molecular weight is 1530 g/mol. The maximum absolute atomic E-state index is 2.46. The number of aromatic nitrogens is 6. The fourth-order valence-corrected chi connectivity index (χ4v) is 19.0. The standard InChI is InChI=1S/2C42H28N2.C30H20N2/c1-3-11-29(12-4-1)31-19-23-33(24-20-31)43-39-18-10-8-16-37(39)41-40(43)28-27-36-35-15-7-9-17-38(35)44(42(36)41)34-25-21-32(22-26-34)30-13-5-2-6-14-30;1-3-11-29(12-4-1)31-19-23-33(24-20-31)43-39-17-9-7-15-35(39)37-27-28-38-36-16-8-10-18-40(36)44(42(38)41(37)43)34-25-21-32(22-26-34)30-13-5-2-6-14-30;1-3-11-21(12-4-1)31-27-18-10-8-16-25(27)29-28(31)20-19-24-23-15-7-9-17-26(23)32(30(24)29)22-13-5-2-6-14-22/h2*1-28H;1-20H. The molecule has 0 N–H and O–H groups in total. The summed E-state index contributed by atoms with van der Waals surface area (Å²) in [6.07, 6.45) is 0. The van der Waals surface area contributed by atoms with E-state index in [2.05, 4.69) is 488 Å². The van der Waals surface area contributed by atoms with E-state index in [4.69, 9.17) is 0 Å². The van der Waals surface area contributed by atoms with Crippen molar-refractivity contribution < 1.29 is 0 Å². The molecule has 0 aliphatic carbocycles. The molecule has 25 rings (SSSR count). The lowest BCUT2D eigenvalue weighted by atomic mass is 10.1. The molecule has 0 radical (unpaired) electrons. The van der Waals surface area contributed by atoms with Crippen LogP contribution >= 0.6 is 0 Å². The predicted molar refractivity (Wildman–Crippen MR) is 507 cm³/mol. The Bertz CT molecular complexity index is 7990. The fraction of sp³-hybridized carbons (Fsp3) is 0. The van der Waals surface area contributed by atoms with E-state index in [0.717, 1.165) is 22.7 Å². The van der Waals surface area contributed by atoms with Crippen molar-refractivity contribution in [3.63, 3.8) is 0 Å². The molecule has 0 saturated carbocycles. The zero-order chi connectivity index (χ0) is 79.1. The largest absolute Gasteiger partial charge is 0.309 e. The number of nitrogens with zero attached hydrogens (tertiary/aromatic N) is 6. The first kappa shape index (κ1) is 69.5. The first-order chi connectivity index (χ1) is 59.6. The Hall–Kier alpha value is -16.0. The van der Waals surface area contributed by atoms with Crippen LogP contribution < -0.4 is 0 Å². The van der Waals surface area contributed by atoms with Crippen molar-refractivity contribution in [2.75, 3.05) is 0 Å². The highest BCUT2D eigenvalue weighted by molar-refractivity contribution is 6.29. The van der Waals surface area contributed by atoms with E-state index < -0.39 is 0 Å². The van der Waals surface area contributed by atoms with E-state index in [1.165, 1.54) is 187 Å². The molecule has 6 heteroatoms. The molecule has 0 atom stereocenters. The lowest BCUT2D eigenvalue weighted by Gasteiger charge is -2.13. The molecule has 0 aliphatic heterocycles. The first-order valence-corrected chi connectivity index (χ1v) is 41.2. The van der Waals surface area contributed by atoms with E-state index in [0.29, 0.717) is 0 Å². The molecule has 0 fully saturated rings. The molecule has 6 nitrogen and oxygen atoms in total. The second-order valence-corrected chi connectivity index (χ2v) is 31.0. The molecule has 0 spiro atoms. The van der Waals surface area contributed by atoms with E-state index >= 15 is 0 Å². The maximum atomic E-state index is 2.46. The summed E-state index contributed by atoms with van der Waals surface area (Å²) in [6.45, 7) is 0. The van der Waals surface area contributed by atoms with Crippen molar-refractivity contribution in [1.82, 2.24) is 27.4 Å². The summed E-state index contributed by atoms with van der Waals surface area (Å²) >= 11 is 0. The number of hydrogen-bond donors (Lipinski definition) is 0. The molecule has 19 aromatic carbocycles. The highest BCUT2D eigenvalue weighted by Crippen LogP contribution is 2.47. The van der Waals surface area contributed by atoms with Gasteiger partial charge in [-0.15, -0.1) is 0 Å². The van der Waals surface area contributed by atoms with Gasteiger partial charge in [0.05, 0.1) is 66.2 Å². The van der Waals surface area contributed by atoms with E-state index in [1.807, 2.05) is 0 Å². The van der Waals surface area contributed by atoms with Gasteiger partial charge in [0, 0.05) is 98.8 Å². The smallest absolute Gasteiger partial charge is 0.0788 e. The van der Waals surface area contributed by atoms with Crippen LogP contribution in [0, 0.1) is 0 Å². The number of para-hydroxylation sites is 8. The lowest BCUT2D eigenvalue weighted by molar-refractivity contribution is 1.15. The predicted octanol–water partition coefficient (Wildman–Crippen LogP) is 30.3. The monoisotopic (exact) mass is 1530 g/mol. The van der Waals surface area contributed by atoms with Crippen LogP contribution in [0.2, 0.25) is 0 Å². The van der Waals surface area contributed by atoms with Gasteiger partial charge in [0.25, 0.3) is 0 Å². The van der Waals surface area contributed by atoms with Gasteiger partial charge in [-0.05, 0) is 166 Å². The van der Waals surface area contributed by atoms with Crippen LogP contribution in [0.3, 0.4) is 0 Å². The van der Waals surface area contributed by atoms with Gasteiger partial charge in [0.15, 0.2) is 0 Å². The van der Waals surface area contributed by atoms with Crippen LogP contribution in [0.25, 0.3) is 209 Å². The lowest BCUT2D eigenvalue weighted by Crippen LogP contribution is -1.98. The van der Waals surface area contributed by atoms with Gasteiger partial charge in [-0.1, -0.05) is 340 Å². The fourth-order valence-electron chi connectivity index (χ4n) is 19.0. The van der Waals surface area contributed by atoms with E-state index in [9.17, 15) is 0 Å². The topological polar surface area (TPSA) is 29.6 Å². The van der Waals surface area contributed by atoms with Crippen LogP contribution in [0.5, 0.6) is 0 Å². The Morgan fingerprint density at radius 3 is 0.567 bits per heavy atom. The van der Waals surface area contributed by atoms with Crippen molar-refractivity contribution in [1.29, 1.82) is 0 Å². The quantitative estimate of drug-likeness (QED) is 0.131. The highest BCUT2D eigenvalue weighted by Gasteiger charge is 2.26. The zero-order valence-electron chi connectivity index (χ0n) is 65.6. The molecule has 0 bridgehead atoms. The summed E-state index contributed by atoms with van der Waals surface area (Å²) in [7, 11) is 0. The highest BCUT2D eigenvalue weighted by atomic mass is 15.1. The minimum absolute atomic E-state index is 1.15. The molecule has 25 aromatic rings. The van der Waals surface area contributed by atoms with Crippen LogP contribution in [0.15, 0.2) is 461 Å². The summed E-state index contributed by atoms with van der Waals surface area (Å²) in [4.78, 5) is 0. The summed E-state index contributed by atoms with van der Waals surface area (Å²) in [6, 6.07) is 166. The number of fused-ring (bicyclic) bond motifs is 21. The van der Waals surface area contributed by atoms with Gasteiger partial charge in [-0.2, -0.15) is 0 Å². The summed E-state index contributed by atoms with van der Waals surface area (Å²) < 4.78 is 14.6. The molecule has 0 amide bonds. The minimum Gasteiger partial charge on any atom is -0.309 e.